The van der Waals surface area contributed by atoms with Crippen molar-refractivity contribution in [2.75, 3.05) is 7.11 Å². The Morgan fingerprint density at radius 3 is 2.45 bits per heavy atom. The lowest BCUT2D eigenvalue weighted by Crippen LogP contribution is -2.22. The first-order chi connectivity index (χ1) is 10.5. The zero-order chi connectivity index (χ0) is 16.1. The number of aliphatic carboxylic acids is 1. The number of rotatable bonds is 6. The van der Waals surface area contributed by atoms with Crippen LogP contribution in [-0.4, -0.2) is 29.3 Å². The molecule has 0 spiro atoms. The molecule has 116 valence electrons. The smallest absolute Gasteiger partial charge is 0.344 e. The van der Waals surface area contributed by atoms with Crippen LogP contribution >= 0.6 is 0 Å². The topological polar surface area (TPSA) is 77.9 Å². The summed E-state index contributed by atoms with van der Waals surface area (Å²) in [7, 11) is 1.55. The number of hydrogen-bond donors (Lipinski definition) is 1. The maximum absolute atomic E-state index is 10.7. The highest BCUT2D eigenvalue weighted by molar-refractivity contribution is 5.72. The molecule has 0 saturated carbocycles. The van der Waals surface area contributed by atoms with Gasteiger partial charge in [-0.3, -0.25) is 0 Å². The van der Waals surface area contributed by atoms with Gasteiger partial charge in [-0.2, -0.15) is 0 Å². The van der Waals surface area contributed by atoms with Gasteiger partial charge in [0.2, 0.25) is 0 Å². The van der Waals surface area contributed by atoms with Gasteiger partial charge >= 0.3 is 5.97 Å². The van der Waals surface area contributed by atoms with E-state index in [2.05, 4.69) is 4.98 Å². The van der Waals surface area contributed by atoms with Crippen LogP contribution in [0.1, 0.15) is 12.5 Å². The second-order valence-electron chi connectivity index (χ2n) is 4.69. The summed E-state index contributed by atoms with van der Waals surface area (Å²) in [5, 5.41) is 8.80. The molecule has 1 unspecified atom stereocenters. The fourth-order valence-corrected chi connectivity index (χ4v) is 1.71. The molecule has 2 rings (SSSR count). The third-order valence-electron chi connectivity index (χ3n) is 2.87. The fraction of sp³-hybridized carbons (Fsp3) is 0.250. The summed E-state index contributed by atoms with van der Waals surface area (Å²) in [6, 6.07) is 8.44. The van der Waals surface area contributed by atoms with Crippen LogP contribution in [0.5, 0.6) is 23.1 Å². The number of aromatic nitrogens is 1. The Kier molecular flexibility index (Phi) is 4.83. The molecule has 0 aliphatic rings. The lowest BCUT2D eigenvalue weighted by Gasteiger charge is -2.12. The summed E-state index contributed by atoms with van der Waals surface area (Å²) in [6.45, 7) is 3.38. The quantitative estimate of drug-likeness (QED) is 0.883. The number of hydrogen-bond acceptors (Lipinski definition) is 5. The van der Waals surface area contributed by atoms with Crippen molar-refractivity contribution >= 4 is 5.97 Å². The molecule has 1 atom stereocenters. The highest BCUT2D eigenvalue weighted by Crippen LogP contribution is 2.30. The van der Waals surface area contributed by atoms with Gasteiger partial charge in [0.05, 0.1) is 7.11 Å². The van der Waals surface area contributed by atoms with Crippen molar-refractivity contribution in [2.24, 2.45) is 0 Å². The molecule has 6 heteroatoms. The molecular weight excluding hydrogens is 286 g/mol. The van der Waals surface area contributed by atoms with E-state index in [1.807, 2.05) is 13.0 Å². The highest BCUT2D eigenvalue weighted by atomic mass is 16.5. The van der Waals surface area contributed by atoms with E-state index >= 15 is 0 Å². The number of pyridine rings is 1. The van der Waals surface area contributed by atoms with Crippen molar-refractivity contribution in [3.63, 3.8) is 0 Å². The molecule has 1 heterocycles. The Hall–Kier alpha value is -2.76. The summed E-state index contributed by atoms with van der Waals surface area (Å²) in [5.74, 6) is 0.880. The second kappa shape index (κ2) is 6.80. The summed E-state index contributed by atoms with van der Waals surface area (Å²) in [4.78, 5) is 14.9. The van der Waals surface area contributed by atoms with Crippen LogP contribution in [0.3, 0.4) is 0 Å². The van der Waals surface area contributed by atoms with E-state index in [1.165, 1.54) is 6.92 Å². The Labute approximate surface area is 128 Å². The minimum Gasteiger partial charge on any atom is -0.491 e. The Bertz CT molecular complexity index is 654. The van der Waals surface area contributed by atoms with Crippen molar-refractivity contribution in [1.29, 1.82) is 0 Å². The van der Waals surface area contributed by atoms with Gasteiger partial charge in [-0.25, -0.2) is 9.78 Å². The predicted molar refractivity (Wildman–Crippen MR) is 79.8 cm³/mol. The van der Waals surface area contributed by atoms with Crippen LogP contribution in [0.25, 0.3) is 0 Å². The van der Waals surface area contributed by atoms with Crippen LogP contribution in [0, 0.1) is 6.92 Å². The van der Waals surface area contributed by atoms with Crippen LogP contribution in [0.15, 0.2) is 36.5 Å². The van der Waals surface area contributed by atoms with Crippen molar-refractivity contribution in [3.05, 3.63) is 42.1 Å². The molecule has 1 aromatic heterocycles. The standard InChI is InChI=1S/C16H17NO5/c1-10-8-14(20-3)15(17-9-10)22-13-6-4-12(5-7-13)21-11(2)16(18)19/h4-9,11H,1-3H3,(H,18,19). The van der Waals surface area contributed by atoms with Gasteiger partial charge in [0.1, 0.15) is 11.5 Å². The van der Waals surface area contributed by atoms with E-state index in [0.717, 1.165) is 5.56 Å². The minimum atomic E-state index is -1.02. The number of nitrogens with zero attached hydrogens (tertiary/aromatic N) is 1. The van der Waals surface area contributed by atoms with Gasteiger partial charge in [0.15, 0.2) is 11.9 Å². The van der Waals surface area contributed by atoms with Crippen LogP contribution in [0.2, 0.25) is 0 Å². The number of ether oxygens (including phenoxy) is 3. The number of benzene rings is 1. The van der Waals surface area contributed by atoms with E-state index in [4.69, 9.17) is 19.3 Å². The SMILES string of the molecule is COc1cc(C)cnc1Oc1ccc(OC(C)C(=O)O)cc1. The maximum atomic E-state index is 10.7. The van der Waals surface area contributed by atoms with Gasteiger partial charge in [0, 0.05) is 6.20 Å². The van der Waals surface area contributed by atoms with Crippen LogP contribution in [-0.2, 0) is 4.79 Å². The van der Waals surface area contributed by atoms with Crippen molar-refractivity contribution in [1.82, 2.24) is 4.98 Å². The molecular formula is C16H17NO5. The molecule has 0 radical (unpaired) electrons. The molecule has 6 nitrogen and oxygen atoms in total. The molecule has 2 aromatic rings. The summed E-state index contributed by atoms with van der Waals surface area (Å²) < 4.78 is 16.1. The van der Waals surface area contributed by atoms with Gasteiger partial charge < -0.3 is 19.3 Å². The van der Waals surface area contributed by atoms with Crippen molar-refractivity contribution in [2.45, 2.75) is 20.0 Å². The molecule has 22 heavy (non-hydrogen) atoms. The Balaban J connectivity index is 2.10. The average molecular weight is 303 g/mol. The molecule has 0 saturated heterocycles. The molecule has 0 aliphatic carbocycles. The number of carbonyl (C=O) groups is 1. The molecule has 1 N–H and O–H groups in total. The van der Waals surface area contributed by atoms with Crippen LogP contribution in [0.4, 0.5) is 0 Å². The normalized spacial score (nSPS) is 11.6. The van der Waals surface area contributed by atoms with E-state index in [-0.39, 0.29) is 0 Å². The fourth-order valence-electron chi connectivity index (χ4n) is 1.71. The maximum Gasteiger partial charge on any atom is 0.344 e. The first kappa shape index (κ1) is 15.6. The number of methoxy groups -OCH3 is 1. The number of carboxylic acids is 1. The van der Waals surface area contributed by atoms with Crippen LogP contribution < -0.4 is 14.2 Å². The molecule has 1 aromatic carbocycles. The third kappa shape index (κ3) is 3.88. The molecule has 0 bridgehead atoms. The summed E-state index contributed by atoms with van der Waals surface area (Å²) in [6.07, 6.45) is 0.773. The van der Waals surface area contributed by atoms with Gasteiger partial charge in [0.25, 0.3) is 5.88 Å². The average Bonchev–Trinajstić information content (AvgIpc) is 2.50. The highest BCUT2D eigenvalue weighted by Gasteiger charge is 2.12. The molecule has 0 amide bonds. The molecule has 0 fully saturated rings. The number of aryl methyl sites for hydroxylation is 1. The van der Waals surface area contributed by atoms with Gasteiger partial charge in [-0.05, 0) is 49.7 Å². The predicted octanol–water partition coefficient (Wildman–Crippen LogP) is 3.04. The van der Waals surface area contributed by atoms with E-state index in [0.29, 0.717) is 23.1 Å². The zero-order valence-corrected chi connectivity index (χ0v) is 12.6. The third-order valence-corrected chi connectivity index (χ3v) is 2.87. The van der Waals surface area contributed by atoms with E-state index in [1.54, 1.807) is 37.6 Å². The minimum absolute atomic E-state index is 0.362. The van der Waals surface area contributed by atoms with E-state index in [9.17, 15) is 4.79 Å². The van der Waals surface area contributed by atoms with Gasteiger partial charge in [-0.1, -0.05) is 0 Å². The lowest BCUT2D eigenvalue weighted by molar-refractivity contribution is -0.144. The zero-order valence-electron chi connectivity index (χ0n) is 12.6. The summed E-state index contributed by atoms with van der Waals surface area (Å²) in [5.41, 5.74) is 0.968. The Morgan fingerprint density at radius 1 is 1.23 bits per heavy atom. The lowest BCUT2D eigenvalue weighted by atomic mass is 10.3. The molecule has 0 aliphatic heterocycles. The van der Waals surface area contributed by atoms with Crippen molar-refractivity contribution in [3.8, 4) is 23.1 Å². The largest absolute Gasteiger partial charge is 0.491 e. The first-order valence-electron chi connectivity index (χ1n) is 6.67. The number of carboxylic acid groups (broad SMARTS) is 1. The monoisotopic (exact) mass is 303 g/mol. The first-order valence-corrected chi connectivity index (χ1v) is 6.67. The van der Waals surface area contributed by atoms with Gasteiger partial charge in [-0.15, -0.1) is 0 Å². The van der Waals surface area contributed by atoms with E-state index < -0.39 is 12.1 Å². The Morgan fingerprint density at radius 2 is 1.86 bits per heavy atom. The van der Waals surface area contributed by atoms with Crippen molar-refractivity contribution < 1.29 is 24.1 Å². The second-order valence-corrected chi connectivity index (χ2v) is 4.69. The summed E-state index contributed by atoms with van der Waals surface area (Å²) >= 11 is 0.